The Kier molecular flexibility index (Phi) is 19.2. The molecule has 0 spiro atoms. The van der Waals surface area contributed by atoms with E-state index in [4.69, 9.17) is 0 Å². The third kappa shape index (κ3) is 6.27. The van der Waals surface area contributed by atoms with Crippen molar-refractivity contribution < 1.29 is 0 Å². The summed E-state index contributed by atoms with van der Waals surface area (Å²) in [5.41, 5.74) is 1.48. The molecule has 0 N–H and O–H groups in total. The molecule has 0 rings (SSSR count). The standard InChI is InChI=1S/C20H42.6CH4/c1-15(2,3)17(7,8)19(11,12)20(13,14)18(9,10)16(4,5)6;;;;;;/h1-14H3;6*1H4. The average molecular weight is 379 g/mol. The monoisotopic (exact) mass is 379 g/mol. The zero-order valence-electron chi connectivity index (χ0n) is 17.0. The lowest BCUT2D eigenvalue weighted by molar-refractivity contribution is -0.166. The van der Waals surface area contributed by atoms with Crippen LogP contribution in [0.4, 0.5) is 0 Å². The third-order valence-corrected chi connectivity index (χ3v) is 8.44. The minimum Gasteiger partial charge on any atom is -0.0776 e. The minimum atomic E-state index is 0. The van der Waals surface area contributed by atoms with Crippen LogP contribution in [0.15, 0.2) is 0 Å². The van der Waals surface area contributed by atoms with Gasteiger partial charge in [-0.2, -0.15) is 0 Å². The fraction of sp³-hybridized carbons (Fsp3) is 1.00. The molecule has 0 aliphatic rings. The van der Waals surface area contributed by atoms with Crippen molar-refractivity contribution in [3.8, 4) is 0 Å². The van der Waals surface area contributed by atoms with Crippen molar-refractivity contribution in [1.82, 2.24) is 0 Å². The summed E-state index contributed by atoms with van der Waals surface area (Å²) in [7, 11) is 0. The second-order valence-electron chi connectivity index (χ2n) is 11.0. The second-order valence-corrected chi connectivity index (χ2v) is 11.0. The molecular weight excluding hydrogens is 312 g/mol. The molecule has 0 amide bonds. The number of hydrogen-bond donors (Lipinski definition) is 0. The van der Waals surface area contributed by atoms with E-state index in [9.17, 15) is 0 Å². The minimum absolute atomic E-state index is 0. The Hall–Kier alpha value is 0. The molecule has 26 heavy (non-hydrogen) atoms. The van der Waals surface area contributed by atoms with E-state index in [-0.39, 0.29) is 77.0 Å². The van der Waals surface area contributed by atoms with E-state index in [1.54, 1.807) is 0 Å². The first kappa shape index (κ1) is 45.0. The van der Waals surface area contributed by atoms with Gasteiger partial charge in [-0.25, -0.2) is 0 Å². The van der Waals surface area contributed by atoms with E-state index in [1.807, 2.05) is 0 Å². The van der Waals surface area contributed by atoms with Gasteiger partial charge in [-0.1, -0.05) is 141 Å². The molecule has 0 aliphatic heterocycles. The topological polar surface area (TPSA) is 0 Å². The summed E-state index contributed by atoms with van der Waals surface area (Å²) in [6.07, 6.45) is 0. The molecule has 0 saturated heterocycles. The summed E-state index contributed by atoms with van der Waals surface area (Å²) in [5.74, 6) is 0. The molecule has 0 aromatic rings. The van der Waals surface area contributed by atoms with Crippen LogP contribution in [-0.2, 0) is 0 Å². The van der Waals surface area contributed by atoms with E-state index < -0.39 is 0 Å². The summed E-state index contributed by atoms with van der Waals surface area (Å²) in [4.78, 5) is 0. The van der Waals surface area contributed by atoms with Gasteiger partial charge in [0.2, 0.25) is 0 Å². The molecule has 170 valence electrons. The number of rotatable bonds is 3. The molecule has 0 saturated carbocycles. The van der Waals surface area contributed by atoms with Gasteiger partial charge in [0, 0.05) is 0 Å². The molecule has 0 bridgehead atoms. The van der Waals surface area contributed by atoms with Gasteiger partial charge in [-0.05, 0) is 32.5 Å². The first-order chi connectivity index (χ1) is 8.25. The Morgan fingerprint density at radius 2 is 0.346 bits per heavy atom. The quantitative estimate of drug-likeness (QED) is 0.458. The van der Waals surface area contributed by atoms with Crippen LogP contribution in [0.25, 0.3) is 0 Å². The highest BCUT2D eigenvalue weighted by atomic mass is 14.6. The molecular formula is C26H66. The number of hydrogen-bond acceptors (Lipinski definition) is 0. The van der Waals surface area contributed by atoms with Crippen molar-refractivity contribution >= 4 is 0 Å². The molecule has 0 nitrogen and oxygen atoms in total. The fourth-order valence-corrected chi connectivity index (χ4v) is 3.44. The van der Waals surface area contributed by atoms with Crippen LogP contribution in [0.5, 0.6) is 0 Å². The van der Waals surface area contributed by atoms with Gasteiger partial charge in [0.25, 0.3) is 0 Å². The smallest absolute Gasteiger partial charge is 0.0241 e. The highest BCUT2D eigenvalue weighted by Crippen LogP contribution is 2.66. The predicted molar refractivity (Wildman–Crippen MR) is 134 cm³/mol. The molecule has 0 aromatic heterocycles. The molecule has 0 aromatic carbocycles. The lowest BCUT2D eigenvalue weighted by Crippen LogP contribution is -2.58. The average Bonchev–Trinajstić information content (AvgIpc) is 2.12. The molecule has 0 unspecified atom stereocenters. The van der Waals surface area contributed by atoms with E-state index >= 15 is 0 Å². The molecule has 0 fully saturated rings. The molecule has 0 heteroatoms. The lowest BCUT2D eigenvalue weighted by atomic mass is 9.40. The van der Waals surface area contributed by atoms with Gasteiger partial charge in [-0.3, -0.25) is 0 Å². The summed E-state index contributed by atoms with van der Waals surface area (Å²) in [6.45, 7) is 34.0. The molecule has 0 radical (unpaired) electrons. The van der Waals surface area contributed by atoms with Crippen molar-refractivity contribution in [2.75, 3.05) is 0 Å². The largest absolute Gasteiger partial charge is 0.0776 e. The van der Waals surface area contributed by atoms with Crippen molar-refractivity contribution in [2.45, 2.75) is 141 Å². The first-order valence-corrected chi connectivity index (χ1v) is 8.25. The van der Waals surface area contributed by atoms with Gasteiger partial charge >= 0.3 is 0 Å². The van der Waals surface area contributed by atoms with E-state index in [0.717, 1.165) is 0 Å². The highest BCUT2D eigenvalue weighted by molar-refractivity contribution is 5.08. The van der Waals surface area contributed by atoms with Crippen molar-refractivity contribution in [3.05, 3.63) is 0 Å². The Morgan fingerprint density at radius 3 is 0.423 bits per heavy atom. The summed E-state index contributed by atoms with van der Waals surface area (Å²) in [6, 6.07) is 0. The van der Waals surface area contributed by atoms with Crippen LogP contribution in [0.2, 0.25) is 0 Å². The summed E-state index contributed by atoms with van der Waals surface area (Å²) in [5, 5.41) is 0. The van der Waals surface area contributed by atoms with Crippen LogP contribution in [0.1, 0.15) is 141 Å². The van der Waals surface area contributed by atoms with Gasteiger partial charge < -0.3 is 0 Å². The highest BCUT2D eigenvalue weighted by Gasteiger charge is 2.59. The molecule has 0 heterocycles. The van der Waals surface area contributed by atoms with E-state index in [1.165, 1.54) is 0 Å². The molecule has 0 aliphatic carbocycles. The van der Waals surface area contributed by atoms with Crippen LogP contribution in [0, 0.1) is 32.5 Å². The second kappa shape index (κ2) is 11.1. The summed E-state index contributed by atoms with van der Waals surface area (Å²) >= 11 is 0. The predicted octanol–water partition coefficient (Wildman–Crippen LogP) is 11.0. The SMILES string of the molecule is C.C.C.C.C.C.CC(C)(C)C(C)(C)C(C)(C)C(C)(C)C(C)(C)C(C)(C)C. The van der Waals surface area contributed by atoms with E-state index in [0.29, 0.717) is 0 Å². The van der Waals surface area contributed by atoms with Crippen LogP contribution in [-0.4, -0.2) is 0 Å². The Balaban J connectivity index is -0.000000120. The summed E-state index contributed by atoms with van der Waals surface area (Å²) < 4.78 is 0. The first-order valence-electron chi connectivity index (χ1n) is 8.25. The maximum Gasteiger partial charge on any atom is -0.0241 e. The Bertz CT molecular complexity index is 301. The van der Waals surface area contributed by atoms with Crippen molar-refractivity contribution in [2.24, 2.45) is 32.5 Å². The normalized spacial score (nSPS) is 12.7. The maximum absolute atomic E-state index is 2.48. The van der Waals surface area contributed by atoms with Crippen molar-refractivity contribution in [1.29, 1.82) is 0 Å². The van der Waals surface area contributed by atoms with Gasteiger partial charge in [-0.15, -0.1) is 0 Å². The zero-order valence-corrected chi connectivity index (χ0v) is 17.0. The third-order valence-electron chi connectivity index (χ3n) is 8.44. The maximum atomic E-state index is 2.48. The Labute approximate surface area is 174 Å². The molecule has 0 atom stereocenters. The van der Waals surface area contributed by atoms with Crippen LogP contribution in [0.3, 0.4) is 0 Å². The van der Waals surface area contributed by atoms with Gasteiger partial charge in [0.1, 0.15) is 0 Å². The van der Waals surface area contributed by atoms with Gasteiger partial charge in [0.05, 0.1) is 0 Å². The Morgan fingerprint density at radius 1 is 0.231 bits per heavy atom. The van der Waals surface area contributed by atoms with Crippen molar-refractivity contribution in [3.63, 3.8) is 0 Å². The van der Waals surface area contributed by atoms with Crippen LogP contribution < -0.4 is 0 Å². The fourth-order valence-electron chi connectivity index (χ4n) is 3.44. The van der Waals surface area contributed by atoms with E-state index in [2.05, 4.69) is 96.9 Å². The van der Waals surface area contributed by atoms with Gasteiger partial charge in [0.15, 0.2) is 0 Å². The van der Waals surface area contributed by atoms with Crippen LogP contribution >= 0.6 is 0 Å². The lowest BCUT2D eigenvalue weighted by Gasteiger charge is -2.65. The zero-order chi connectivity index (χ0) is 17.0.